The van der Waals surface area contributed by atoms with Crippen LogP contribution in [0.25, 0.3) is 0 Å². The van der Waals surface area contributed by atoms with Crippen LogP contribution in [0.5, 0.6) is 0 Å². The molecule has 3 rings (SSSR count). The van der Waals surface area contributed by atoms with E-state index < -0.39 is 0 Å². The third-order valence-corrected chi connectivity index (χ3v) is 3.52. The van der Waals surface area contributed by atoms with Gasteiger partial charge < -0.3 is 10.6 Å². The van der Waals surface area contributed by atoms with Gasteiger partial charge in [0.25, 0.3) is 0 Å². The van der Waals surface area contributed by atoms with Crippen molar-refractivity contribution in [2.75, 3.05) is 10.6 Å². The van der Waals surface area contributed by atoms with E-state index in [0.29, 0.717) is 21.8 Å². The van der Waals surface area contributed by atoms with E-state index >= 15 is 0 Å². The largest absolute Gasteiger partial charge is 0.339 e. The molecule has 1 heterocycles. The number of nitrogens with one attached hydrogen (secondary N) is 2. The maximum Gasteiger partial charge on any atom is 0.249 e. The molecular weight excluding hydrogens is 321 g/mol. The Bertz CT molecular complexity index is 780. The summed E-state index contributed by atoms with van der Waals surface area (Å²) in [6, 6.07) is 14.9. The van der Waals surface area contributed by atoms with Gasteiger partial charge in [0.1, 0.15) is 0 Å². The van der Waals surface area contributed by atoms with Crippen LogP contribution < -0.4 is 10.6 Å². The molecule has 5 nitrogen and oxygen atoms in total. The number of hydrogen-bond donors (Lipinski definition) is 2. The number of para-hydroxylation sites is 1. The Labute approximate surface area is 137 Å². The predicted octanol–water partition coefficient (Wildman–Crippen LogP) is 4.67. The zero-order chi connectivity index (χ0) is 15.4. The van der Waals surface area contributed by atoms with E-state index in [1.165, 1.54) is 0 Å². The minimum absolute atomic E-state index is 0.360. The lowest BCUT2D eigenvalue weighted by Crippen LogP contribution is -2.02. The third-order valence-electron chi connectivity index (χ3n) is 2.78. The van der Waals surface area contributed by atoms with Crippen LogP contribution in [0.2, 0.25) is 10.0 Å². The molecule has 2 aromatic carbocycles. The van der Waals surface area contributed by atoms with Crippen LogP contribution in [0.4, 0.5) is 23.1 Å². The van der Waals surface area contributed by atoms with Gasteiger partial charge in [-0.05, 0) is 30.3 Å². The molecule has 1 aromatic heterocycles. The molecule has 0 bridgehead atoms. The normalized spacial score (nSPS) is 10.3. The van der Waals surface area contributed by atoms with Gasteiger partial charge in [-0.2, -0.15) is 10.1 Å². The van der Waals surface area contributed by atoms with Crippen molar-refractivity contribution in [1.82, 2.24) is 15.2 Å². The van der Waals surface area contributed by atoms with Crippen molar-refractivity contribution in [3.8, 4) is 0 Å². The molecule has 0 atom stereocenters. The molecule has 0 amide bonds. The van der Waals surface area contributed by atoms with Crippen LogP contribution in [-0.4, -0.2) is 15.2 Å². The number of nitrogens with zero attached hydrogens (tertiary/aromatic N) is 3. The minimum atomic E-state index is 0.360. The highest BCUT2D eigenvalue weighted by Gasteiger charge is 2.04. The Hall–Kier alpha value is -2.37. The van der Waals surface area contributed by atoms with E-state index in [9.17, 15) is 0 Å². The van der Waals surface area contributed by atoms with Gasteiger partial charge in [-0.1, -0.05) is 41.4 Å². The summed E-state index contributed by atoms with van der Waals surface area (Å²) >= 11 is 11.9. The fourth-order valence-electron chi connectivity index (χ4n) is 1.79. The SMILES string of the molecule is Clc1ccc(Nc2nncc(Nc3ccccc3)n2)cc1Cl. The smallest absolute Gasteiger partial charge is 0.249 e. The maximum atomic E-state index is 5.98. The van der Waals surface area contributed by atoms with E-state index in [1.807, 2.05) is 30.3 Å². The van der Waals surface area contributed by atoms with Crippen molar-refractivity contribution in [3.63, 3.8) is 0 Å². The standard InChI is InChI=1S/C15H11Cl2N5/c16-12-7-6-11(8-13(12)17)20-15-21-14(9-18-22-15)19-10-4-2-1-3-5-10/h1-9H,(H2,19,20,21,22). The Kier molecular flexibility index (Phi) is 4.37. The highest BCUT2D eigenvalue weighted by Crippen LogP contribution is 2.26. The minimum Gasteiger partial charge on any atom is -0.339 e. The zero-order valence-corrected chi connectivity index (χ0v) is 12.8. The Balaban J connectivity index is 1.77. The van der Waals surface area contributed by atoms with Gasteiger partial charge in [0.05, 0.1) is 16.2 Å². The van der Waals surface area contributed by atoms with Gasteiger partial charge in [-0.3, -0.25) is 0 Å². The van der Waals surface area contributed by atoms with Gasteiger partial charge in [0.2, 0.25) is 5.95 Å². The van der Waals surface area contributed by atoms with Crippen molar-refractivity contribution < 1.29 is 0 Å². The number of halogens is 2. The third kappa shape index (κ3) is 3.63. The topological polar surface area (TPSA) is 62.7 Å². The quantitative estimate of drug-likeness (QED) is 0.727. The van der Waals surface area contributed by atoms with Crippen molar-refractivity contribution in [2.45, 2.75) is 0 Å². The first-order chi connectivity index (χ1) is 10.7. The van der Waals surface area contributed by atoms with Crippen LogP contribution >= 0.6 is 23.2 Å². The second kappa shape index (κ2) is 6.60. The molecule has 0 aliphatic rings. The van der Waals surface area contributed by atoms with E-state index in [4.69, 9.17) is 23.2 Å². The summed E-state index contributed by atoms with van der Waals surface area (Å²) in [6.07, 6.45) is 1.55. The molecule has 0 radical (unpaired) electrons. The Morgan fingerprint density at radius 1 is 0.818 bits per heavy atom. The molecule has 0 saturated carbocycles. The zero-order valence-electron chi connectivity index (χ0n) is 11.3. The van der Waals surface area contributed by atoms with Crippen molar-refractivity contribution >= 4 is 46.3 Å². The first-order valence-corrected chi connectivity index (χ1v) is 7.20. The molecule has 110 valence electrons. The van der Waals surface area contributed by atoms with Crippen molar-refractivity contribution in [3.05, 3.63) is 64.8 Å². The molecule has 3 aromatic rings. The number of benzene rings is 2. The second-order valence-corrected chi connectivity index (χ2v) is 5.22. The number of rotatable bonds is 4. The van der Waals surface area contributed by atoms with E-state index in [2.05, 4.69) is 25.8 Å². The fraction of sp³-hybridized carbons (Fsp3) is 0. The molecule has 0 aliphatic heterocycles. The molecule has 22 heavy (non-hydrogen) atoms. The molecule has 2 N–H and O–H groups in total. The Morgan fingerprint density at radius 2 is 1.64 bits per heavy atom. The molecule has 0 unspecified atom stereocenters. The summed E-state index contributed by atoms with van der Waals surface area (Å²) in [5.74, 6) is 0.947. The second-order valence-electron chi connectivity index (χ2n) is 4.41. The average Bonchev–Trinajstić information content (AvgIpc) is 2.52. The van der Waals surface area contributed by atoms with Gasteiger partial charge in [-0.25, -0.2) is 0 Å². The Morgan fingerprint density at radius 3 is 2.41 bits per heavy atom. The molecule has 7 heteroatoms. The summed E-state index contributed by atoms with van der Waals surface area (Å²) in [6.45, 7) is 0. The summed E-state index contributed by atoms with van der Waals surface area (Å²) in [7, 11) is 0. The van der Waals surface area contributed by atoms with E-state index in [-0.39, 0.29) is 0 Å². The molecular formula is C15H11Cl2N5. The van der Waals surface area contributed by atoms with Crippen LogP contribution in [0.3, 0.4) is 0 Å². The monoisotopic (exact) mass is 331 g/mol. The lowest BCUT2D eigenvalue weighted by molar-refractivity contribution is 0.982. The van der Waals surface area contributed by atoms with Crippen LogP contribution in [0.1, 0.15) is 0 Å². The van der Waals surface area contributed by atoms with Gasteiger partial charge in [0, 0.05) is 11.4 Å². The summed E-state index contributed by atoms with van der Waals surface area (Å²) in [5, 5.41) is 15.0. The lowest BCUT2D eigenvalue weighted by Gasteiger charge is -2.08. The highest BCUT2D eigenvalue weighted by atomic mass is 35.5. The summed E-state index contributed by atoms with van der Waals surface area (Å²) in [4.78, 5) is 4.34. The first kappa shape index (κ1) is 14.6. The first-order valence-electron chi connectivity index (χ1n) is 6.44. The summed E-state index contributed by atoms with van der Waals surface area (Å²) in [5.41, 5.74) is 1.65. The fourth-order valence-corrected chi connectivity index (χ4v) is 2.09. The number of anilines is 4. The molecule has 0 saturated heterocycles. The van der Waals surface area contributed by atoms with Crippen LogP contribution in [0, 0.1) is 0 Å². The number of aromatic nitrogens is 3. The van der Waals surface area contributed by atoms with Crippen molar-refractivity contribution in [1.29, 1.82) is 0 Å². The average molecular weight is 332 g/mol. The van der Waals surface area contributed by atoms with Gasteiger partial charge in [-0.15, -0.1) is 5.10 Å². The summed E-state index contributed by atoms with van der Waals surface area (Å²) < 4.78 is 0. The molecule has 0 fully saturated rings. The van der Waals surface area contributed by atoms with Crippen LogP contribution in [0.15, 0.2) is 54.7 Å². The molecule has 0 spiro atoms. The van der Waals surface area contributed by atoms with Gasteiger partial charge >= 0.3 is 0 Å². The maximum absolute atomic E-state index is 5.98. The number of hydrogen-bond acceptors (Lipinski definition) is 5. The van der Waals surface area contributed by atoms with Crippen LogP contribution in [-0.2, 0) is 0 Å². The molecule has 0 aliphatic carbocycles. The predicted molar refractivity (Wildman–Crippen MR) is 89.3 cm³/mol. The van der Waals surface area contributed by atoms with E-state index in [0.717, 1.165) is 11.4 Å². The van der Waals surface area contributed by atoms with Gasteiger partial charge in [0.15, 0.2) is 5.82 Å². The van der Waals surface area contributed by atoms with Crippen molar-refractivity contribution in [2.24, 2.45) is 0 Å². The van der Waals surface area contributed by atoms with E-state index in [1.54, 1.807) is 24.4 Å². The highest BCUT2D eigenvalue weighted by molar-refractivity contribution is 6.42. The lowest BCUT2D eigenvalue weighted by atomic mass is 10.3.